The number of carbonyl (C=O) groups is 2. The fourth-order valence-electron chi connectivity index (χ4n) is 3.25. The van der Waals surface area contributed by atoms with E-state index in [1.807, 2.05) is 6.92 Å². The predicted molar refractivity (Wildman–Crippen MR) is 116 cm³/mol. The third kappa shape index (κ3) is 19.7. The highest BCUT2D eigenvalue weighted by Crippen LogP contribution is 2.11. The van der Waals surface area contributed by atoms with E-state index in [4.69, 9.17) is 9.47 Å². The normalized spacial score (nSPS) is 12.0. The molecule has 0 aromatic heterocycles. The van der Waals surface area contributed by atoms with E-state index in [0.717, 1.165) is 25.7 Å². The summed E-state index contributed by atoms with van der Waals surface area (Å²) in [5, 5.41) is 0. The summed E-state index contributed by atoms with van der Waals surface area (Å²) in [5.41, 5.74) is 0. The van der Waals surface area contributed by atoms with Gasteiger partial charge in [0.1, 0.15) is 0 Å². The maximum absolute atomic E-state index is 11.8. The topological polar surface area (TPSA) is 52.6 Å². The molecule has 1 atom stereocenters. The maximum Gasteiger partial charge on any atom is 0.306 e. The molecule has 0 fully saturated rings. The Hall–Kier alpha value is -1.06. The molecular formula is C24H46O4. The van der Waals surface area contributed by atoms with Gasteiger partial charge in [0, 0.05) is 0 Å². The lowest BCUT2D eigenvalue weighted by atomic mass is 10.1. The minimum Gasteiger partial charge on any atom is -0.466 e. The Balaban J connectivity index is 3.43. The molecule has 0 aromatic rings. The van der Waals surface area contributed by atoms with Crippen LogP contribution in [0.4, 0.5) is 0 Å². The number of hydrogen-bond acceptors (Lipinski definition) is 4. The second-order valence-corrected chi connectivity index (χ2v) is 8.05. The summed E-state index contributed by atoms with van der Waals surface area (Å²) < 4.78 is 10.6. The van der Waals surface area contributed by atoms with Gasteiger partial charge in [-0.15, -0.1) is 0 Å². The van der Waals surface area contributed by atoms with Gasteiger partial charge < -0.3 is 9.47 Å². The van der Waals surface area contributed by atoms with Crippen molar-refractivity contribution in [1.82, 2.24) is 0 Å². The highest BCUT2D eigenvalue weighted by molar-refractivity contribution is 5.77. The largest absolute Gasteiger partial charge is 0.466 e. The van der Waals surface area contributed by atoms with Crippen LogP contribution in [0.15, 0.2) is 0 Å². The molecule has 1 unspecified atom stereocenters. The second-order valence-electron chi connectivity index (χ2n) is 8.05. The summed E-state index contributed by atoms with van der Waals surface area (Å²) >= 11 is 0. The predicted octanol–water partition coefficient (Wildman–Crippen LogP) is 7.13. The van der Waals surface area contributed by atoms with Gasteiger partial charge in [0.05, 0.1) is 25.6 Å². The molecule has 0 radical (unpaired) electrons. The van der Waals surface area contributed by atoms with Crippen LogP contribution in [0.5, 0.6) is 0 Å². The van der Waals surface area contributed by atoms with Crippen molar-refractivity contribution in [3.05, 3.63) is 0 Å². The quantitative estimate of drug-likeness (QED) is 0.162. The average Bonchev–Trinajstić information content (AvgIpc) is 2.68. The molecule has 4 heteroatoms. The van der Waals surface area contributed by atoms with E-state index in [1.54, 1.807) is 0 Å². The second kappa shape index (κ2) is 20.7. The molecule has 0 rings (SSSR count). The number of ether oxygens (including phenoxy) is 2. The summed E-state index contributed by atoms with van der Waals surface area (Å²) in [6.07, 6.45) is 18.4. The Morgan fingerprint density at radius 3 is 1.68 bits per heavy atom. The van der Waals surface area contributed by atoms with Gasteiger partial charge in [0.15, 0.2) is 0 Å². The van der Waals surface area contributed by atoms with E-state index in [9.17, 15) is 9.59 Å². The number of unbranched alkanes of at least 4 members (excludes halogenated alkanes) is 12. The lowest BCUT2D eigenvalue weighted by molar-refractivity contribution is -0.153. The van der Waals surface area contributed by atoms with Crippen LogP contribution in [0.25, 0.3) is 0 Å². The van der Waals surface area contributed by atoms with Crippen molar-refractivity contribution in [2.45, 2.75) is 136 Å². The fraction of sp³-hybridized carbons (Fsp3) is 0.917. The molecule has 0 N–H and O–H groups in total. The molecular weight excluding hydrogens is 352 g/mol. The van der Waals surface area contributed by atoms with Crippen molar-refractivity contribution in [3.8, 4) is 0 Å². The minimum absolute atomic E-state index is 0.0629. The van der Waals surface area contributed by atoms with Crippen molar-refractivity contribution >= 4 is 11.9 Å². The number of hydrogen-bond donors (Lipinski definition) is 0. The Labute approximate surface area is 174 Å². The number of esters is 2. The highest BCUT2D eigenvalue weighted by Gasteiger charge is 2.12. The molecule has 0 saturated carbocycles. The Kier molecular flexibility index (Phi) is 19.9. The highest BCUT2D eigenvalue weighted by atomic mass is 16.5. The lowest BCUT2D eigenvalue weighted by Gasteiger charge is -2.13. The zero-order valence-corrected chi connectivity index (χ0v) is 18.9. The third-order valence-corrected chi connectivity index (χ3v) is 5.09. The molecule has 0 bridgehead atoms. The van der Waals surface area contributed by atoms with Gasteiger partial charge >= 0.3 is 11.9 Å². The number of carbonyl (C=O) groups excluding carboxylic acids is 2. The monoisotopic (exact) mass is 398 g/mol. The van der Waals surface area contributed by atoms with Crippen LogP contribution in [0, 0.1) is 0 Å². The molecule has 0 spiro atoms. The Morgan fingerprint density at radius 2 is 1.11 bits per heavy atom. The van der Waals surface area contributed by atoms with E-state index < -0.39 is 0 Å². The minimum atomic E-state index is -0.293. The van der Waals surface area contributed by atoms with Crippen molar-refractivity contribution in [3.63, 3.8) is 0 Å². The van der Waals surface area contributed by atoms with Crippen LogP contribution < -0.4 is 0 Å². The van der Waals surface area contributed by atoms with Gasteiger partial charge in [-0.3, -0.25) is 9.59 Å². The van der Waals surface area contributed by atoms with Crippen LogP contribution in [0.3, 0.4) is 0 Å². The average molecular weight is 399 g/mol. The van der Waals surface area contributed by atoms with Crippen LogP contribution >= 0.6 is 0 Å². The van der Waals surface area contributed by atoms with Gasteiger partial charge in [-0.2, -0.15) is 0 Å². The SMILES string of the molecule is CCCCCCCCCCCCOC(=O)CCC(=O)OC(C)CCCCCC. The van der Waals surface area contributed by atoms with Gasteiger partial charge in [0.25, 0.3) is 0 Å². The first kappa shape index (κ1) is 26.9. The fourth-order valence-corrected chi connectivity index (χ4v) is 3.25. The van der Waals surface area contributed by atoms with E-state index in [2.05, 4.69) is 13.8 Å². The van der Waals surface area contributed by atoms with E-state index >= 15 is 0 Å². The zero-order chi connectivity index (χ0) is 20.9. The zero-order valence-electron chi connectivity index (χ0n) is 18.9. The first-order valence-electron chi connectivity index (χ1n) is 11.9. The first-order valence-corrected chi connectivity index (χ1v) is 11.9. The molecule has 0 aliphatic heterocycles. The Morgan fingerprint density at radius 1 is 0.643 bits per heavy atom. The molecule has 0 heterocycles. The molecule has 166 valence electrons. The van der Waals surface area contributed by atoms with Crippen LogP contribution in [-0.2, 0) is 19.1 Å². The summed E-state index contributed by atoms with van der Waals surface area (Å²) in [6.45, 7) is 6.82. The number of rotatable bonds is 20. The van der Waals surface area contributed by atoms with E-state index in [1.165, 1.54) is 70.6 Å². The third-order valence-electron chi connectivity index (χ3n) is 5.09. The van der Waals surface area contributed by atoms with Crippen molar-refractivity contribution in [2.24, 2.45) is 0 Å². The summed E-state index contributed by atoms with van der Waals surface area (Å²) in [6, 6.07) is 0. The van der Waals surface area contributed by atoms with Crippen LogP contribution in [0.2, 0.25) is 0 Å². The van der Waals surface area contributed by atoms with E-state index in [0.29, 0.717) is 6.61 Å². The standard InChI is InChI=1S/C24H46O4/c1-4-6-8-10-11-12-13-14-15-17-21-27-23(25)19-20-24(26)28-22(3)18-16-9-7-5-2/h22H,4-21H2,1-3H3. The molecule has 28 heavy (non-hydrogen) atoms. The van der Waals surface area contributed by atoms with Crippen molar-refractivity contribution < 1.29 is 19.1 Å². The summed E-state index contributed by atoms with van der Waals surface area (Å²) in [7, 11) is 0. The van der Waals surface area contributed by atoms with Crippen molar-refractivity contribution in [1.29, 1.82) is 0 Å². The molecule has 4 nitrogen and oxygen atoms in total. The van der Waals surface area contributed by atoms with Gasteiger partial charge in [-0.1, -0.05) is 90.9 Å². The van der Waals surface area contributed by atoms with Gasteiger partial charge in [-0.05, 0) is 26.2 Å². The maximum atomic E-state index is 11.8. The smallest absolute Gasteiger partial charge is 0.306 e. The first-order chi connectivity index (χ1) is 13.6. The molecule has 0 saturated heterocycles. The molecule has 0 amide bonds. The van der Waals surface area contributed by atoms with Gasteiger partial charge in [0.2, 0.25) is 0 Å². The lowest BCUT2D eigenvalue weighted by Crippen LogP contribution is -2.16. The summed E-state index contributed by atoms with van der Waals surface area (Å²) in [4.78, 5) is 23.5. The van der Waals surface area contributed by atoms with Crippen LogP contribution in [0.1, 0.15) is 130 Å². The van der Waals surface area contributed by atoms with E-state index in [-0.39, 0.29) is 30.9 Å². The van der Waals surface area contributed by atoms with Gasteiger partial charge in [-0.25, -0.2) is 0 Å². The summed E-state index contributed by atoms with van der Waals surface area (Å²) in [5.74, 6) is -0.581. The molecule has 0 aromatic carbocycles. The molecule has 0 aliphatic rings. The molecule has 0 aliphatic carbocycles. The van der Waals surface area contributed by atoms with Crippen LogP contribution in [-0.4, -0.2) is 24.6 Å². The van der Waals surface area contributed by atoms with Crippen molar-refractivity contribution in [2.75, 3.05) is 6.61 Å². The Bertz CT molecular complexity index is 368.